The van der Waals surface area contributed by atoms with Gasteiger partial charge in [-0.2, -0.15) is 0 Å². The highest BCUT2D eigenvalue weighted by Gasteiger charge is 2.31. The molecule has 0 aromatic heterocycles. The SMILES string of the molecule is CC(=O)NC(C(=O)Nc1cc(Cl)ccc1F)C1CCCC1. The Morgan fingerprint density at radius 1 is 1.33 bits per heavy atom. The number of hydrogen-bond acceptors (Lipinski definition) is 2. The van der Waals surface area contributed by atoms with Crippen LogP contribution in [0.4, 0.5) is 10.1 Å². The van der Waals surface area contributed by atoms with E-state index in [1.165, 1.54) is 25.1 Å². The van der Waals surface area contributed by atoms with Gasteiger partial charge in [0.15, 0.2) is 0 Å². The Labute approximate surface area is 128 Å². The molecule has 1 aromatic carbocycles. The van der Waals surface area contributed by atoms with Crippen molar-refractivity contribution in [1.82, 2.24) is 5.32 Å². The van der Waals surface area contributed by atoms with E-state index >= 15 is 0 Å². The third-order valence-electron chi connectivity index (χ3n) is 3.70. The Morgan fingerprint density at radius 3 is 2.62 bits per heavy atom. The van der Waals surface area contributed by atoms with Crippen molar-refractivity contribution in [2.24, 2.45) is 5.92 Å². The summed E-state index contributed by atoms with van der Waals surface area (Å²) in [6.45, 7) is 1.37. The van der Waals surface area contributed by atoms with Crippen LogP contribution in [0.5, 0.6) is 0 Å². The van der Waals surface area contributed by atoms with Gasteiger partial charge < -0.3 is 10.6 Å². The zero-order valence-electron chi connectivity index (χ0n) is 11.8. The number of carbonyl (C=O) groups is 2. The van der Waals surface area contributed by atoms with E-state index in [4.69, 9.17) is 11.6 Å². The quantitative estimate of drug-likeness (QED) is 0.897. The first-order chi connectivity index (χ1) is 9.97. The van der Waals surface area contributed by atoms with Crippen LogP contribution in [0.3, 0.4) is 0 Å². The topological polar surface area (TPSA) is 58.2 Å². The normalized spacial score (nSPS) is 16.5. The van der Waals surface area contributed by atoms with Gasteiger partial charge >= 0.3 is 0 Å². The predicted octanol–water partition coefficient (Wildman–Crippen LogP) is 3.11. The first kappa shape index (κ1) is 15.8. The molecule has 2 amide bonds. The molecule has 0 spiro atoms. The highest BCUT2D eigenvalue weighted by Crippen LogP contribution is 2.29. The maximum absolute atomic E-state index is 13.7. The van der Waals surface area contributed by atoms with Gasteiger partial charge in [-0.05, 0) is 37.0 Å². The summed E-state index contributed by atoms with van der Waals surface area (Å²) in [6.07, 6.45) is 3.85. The predicted molar refractivity (Wildman–Crippen MR) is 79.6 cm³/mol. The van der Waals surface area contributed by atoms with Crippen LogP contribution in [0.25, 0.3) is 0 Å². The monoisotopic (exact) mass is 312 g/mol. The summed E-state index contributed by atoms with van der Waals surface area (Å²) in [6, 6.07) is 3.33. The second-order valence-corrected chi connectivity index (χ2v) is 5.77. The highest BCUT2D eigenvalue weighted by molar-refractivity contribution is 6.30. The van der Waals surface area contributed by atoms with Crippen molar-refractivity contribution in [3.8, 4) is 0 Å². The zero-order chi connectivity index (χ0) is 15.4. The van der Waals surface area contributed by atoms with Crippen LogP contribution in [0.1, 0.15) is 32.6 Å². The number of anilines is 1. The third kappa shape index (κ3) is 4.17. The molecule has 0 radical (unpaired) electrons. The van der Waals surface area contributed by atoms with Crippen LogP contribution in [0.2, 0.25) is 5.02 Å². The van der Waals surface area contributed by atoms with E-state index < -0.39 is 17.8 Å². The maximum atomic E-state index is 13.7. The summed E-state index contributed by atoms with van der Waals surface area (Å²) < 4.78 is 13.7. The molecule has 4 nitrogen and oxygen atoms in total. The minimum atomic E-state index is -0.636. The van der Waals surface area contributed by atoms with E-state index in [1.807, 2.05) is 0 Å². The molecular formula is C15H18ClFN2O2. The lowest BCUT2D eigenvalue weighted by molar-refractivity contribution is -0.126. The van der Waals surface area contributed by atoms with Crippen LogP contribution in [-0.2, 0) is 9.59 Å². The van der Waals surface area contributed by atoms with Crippen molar-refractivity contribution in [3.05, 3.63) is 29.0 Å². The molecule has 2 rings (SSSR count). The second kappa shape index (κ2) is 6.89. The Kier molecular flexibility index (Phi) is 5.17. The minimum Gasteiger partial charge on any atom is -0.344 e. The lowest BCUT2D eigenvalue weighted by Crippen LogP contribution is -2.47. The largest absolute Gasteiger partial charge is 0.344 e. The van der Waals surface area contributed by atoms with Gasteiger partial charge in [-0.25, -0.2) is 4.39 Å². The summed E-state index contributed by atoms with van der Waals surface area (Å²) in [5.74, 6) is -1.14. The Balaban J connectivity index is 2.13. The molecule has 0 aliphatic heterocycles. The van der Waals surface area contributed by atoms with Crippen molar-refractivity contribution in [2.75, 3.05) is 5.32 Å². The van der Waals surface area contributed by atoms with E-state index in [-0.39, 0.29) is 17.5 Å². The van der Waals surface area contributed by atoms with Crippen molar-refractivity contribution in [3.63, 3.8) is 0 Å². The molecule has 1 fully saturated rings. The number of halogens is 2. The Bertz CT molecular complexity index is 544. The van der Waals surface area contributed by atoms with E-state index in [2.05, 4.69) is 10.6 Å². The average Bonchev–Trinajstić information content (AvgIpc) is 2.93. The highest BCUT2D eigenvalue weighted by atomic mass is 35.5. The lowest BCUT2D eigenvalue weighted by Gasteiger charge is -2.23. The van der Waals surface area contributed by atoms with Gasteiger partial charge in [0.05, 0.1) is 5.69 Å². The van der Waals surface area contributed by atoms with Crippen LogP contribution < -0.4 is 10.6 Å². The van der Waals surface area contributed by atoms with Gasteiger partial charge in [0.1, 0.15) is 11.9 Å². The number of hydrogen-bond donors (Lipinski definition) is 2. The zero-order valence-corrected chi connectivity index (χ0v) is 12.5. The van der Waals surface area contributed by atoms with Crippen molar-refractivity contribution >= 4 is 29.1 Å². The lowest BCUT2D eigenvalue weighted by atomic mass is 9.97. The molecule has 0 bridgehead atoms. The maximum Gasteiger partial charge on any atom is 0.247 e. The molecular weight excluding hydrogens is 295 g/mol. The van der Waals surface area contributed by atoms with Gasteiger partial charge in [0.2, 0.25) is 11.8 Å². The smallest absolute Gasteiger partial charge is 0.247 e. The summed E-state index contributed by atoms with van der Waals surface area (Å²) in [7, 11) is 0. The van der Waals surface area contributed by atoms with Crippen LogP contribution in [0.15, 0.2) is 18.2 Å². The van der Waals surface area contributed by atoms with Crippen LogP contribution >= 0.6 is 11.6 Å². The van der Waals surface area contributed by atoms with Crippen LogP contribution in [-0.4, -0.2) is 17.9 Å². The summed E-state index contributed by atoms with van der Waals surface area (Å²) in [4.78, 5) is 23.7. The van der Waals surface area contributed by atoms with Gasteiger partial charge in [-0.3, -0.25) is 9.59 Å². The molecule has 6 heteroatoms. The molecule has 0 saturated heterocycles. The summed E-state index contributed by atoms with van der Waals surface area (Å²) in [5, 5.41) is 5.53. The van der Waals surface area contributed by atoms with E-state index in [0.717, 1.165) is 25.7 Å². The van der Waals surface area contributed by atoms with E-state index in [9.17, 15) is 14.0 Å². The Morgan fingerprint density at radius 2 is 2.00 bits per heavy atom. The molecule has 21 heavy (non-hydrogen) atoms. The molecule has 1 aliphatic rings. The molecule has 2 N–H and O–H groups in total. The molecule has 114 valence electrons. The fourth-order valence-electron chi connectivity index (χ4n) is 2.71. The van der Waals surface area contributed by atoms with Crippen molar-refractivity contribution in [1.29, 1.82) is 0 Å². The molecule has 1 unspecified atom stereocenters. The number of carbonyl (C=O) groups excluding carboxylic acids is 2. The van der Waals surface area contributed by atoms with Crippen molar-refractivity contribution in [2.45, 2.75) is 38.6 Å². The van der Waals surface area contributed by atoms with E-state index in [0.29, 0.717) is 5.02 Å². The molecule has 1 aliphatic carbocycles. The molecule has 1 atom stereocenters. The van der Waals surface area contributed by atoms with Gasteiger partial charge in [-0.1, -0.05) is 24.4 Å². The minimum absolute atomic E-state index is 0.0286. The number of amides is 2. The first-order valence-electron chi connectivity index (χ1n) is 7.00. The van der Waals surface area contributed by atoms with Gasteiger partial charge in [-0.15, -0.1) is 0 Å². The summed E-state index contributed by atoms with van der Waals surface area (Å²) in [5.41, 5.74) is 0.0286. The van der Waals surface area contributed by atoms with Gasteiger partial charge in [0, 0.05) is 11.9 Å². The molecule has 1 aromatic rings. The number of rotatable bonds is 4. The van der Waals surface area contributed by atoms with Gasteiger partial charge in [0.25, 0.3) is 0 Å². The fourth-order valence-corrected chi connectivity index (χ4v) is 2.88. The fraction of sp³-hybridized carbons (Fsp3) is 0.467. The Hall–Kier alpha value is -1.62. The first-order valence-corrected chi connectivity index (χ1v) is 7.38. The summed E-state index contributed by atoms with van der Waals surface area (Å²) >= 11 is 5.80. The van der Waals surface area contributed by atoms with E-state index in [1.54, 1.807) is 0 Å². The number of nitrogens with one attached hydrogen (secondary N) is 2. The number of benzene rings is 1. The standard InChI is InChI=1S/C15H18ClFN2O2/c1-9(20)18-14(10-4-2-3-5-10)15(21)19-13-8-11(16)6-7-12(13)17/h6-8,10,14H,2-5H2,1H3,(H,18,20)(H,19,21). The second-order valence-electron chi connectivity index (χ2n) is 5.34. The average molecular weight is 313 g/mol. The molecule has 0 heterocycles. The van der Waals surface area contributed by atoms with Crippen LogP contribution in [0, 0.1) is 11.7 Å². The third-order valence-corrected chi connectivity index (χ3v) is 3.93. The molecule has 1 saturated carbocycles. The van der Waals surface area contributed by atoms with Crippen molar-refractivity contribution < 1.29 is 14.0 Å².